The Hall–Kier alpha value is -1.75. The Labute approximate surface area is 89.6 Å². The molecule has 0 spiro atoms. The van der Waals surface area contributed by atoms with E-state index >= 15 is 0 Å². The van der Waals surface area contributed by atoms with E-state index in [0.29, 0.717) is 5.56 Å². The number of aryl methyl sites for hydroxylation is 1. The molecule has 0 radical (unpaired) electrons. The second kappa shape index (κ2) is 3.78. The summed E-state index contributed by atoms with van der Waals surface area (Å²) in [6.07, 6.45) is 3.84. The van der Waals surface area contributed by atoms with Gasteiger partial charge in [0.2, 0.25) is 0 Å². The van der Waals surface area contributed by atoms with Crippen LogP contribution in [0.5, 0.6) is 0 Å². The Bertz CT molecular complexity index is 557. The molecule has 0 bridgehead atoms. The van der Waals surface area contributed by atoms with E-state index in [1.807, 2.05) is 6.92 Å². The number of aldehydes is 1. The number of pyridine rings is 1. The van der Waals surface area contributed by atoms with Gasteiger partial charge in [-0.3, -0.25) is 14.6 Å². The lowest BCUT2D eigenvalue weighted by Crippen LogP contribution is -1.91. The van der Waals surface area contributed by atoms with Crippen LogP contribution >= 0.6 is 11.3 Å². The molecule has 0 atom stereocenters. The van der Waals surface area contributed by atoms with Gasteiger partial charge in [-0.05, 0) is 13.0 Å². The zero-order chi connectivity index (χ0) is 10.8. The number of nitrogens with zero attached hydrogens (tertiary/aromatic N) is 1. The second-order valence-electron chi connectivity index (χ2n) is 3.05. The van der Waals surface area contributed by atoms with Gasteiger partial charge in [0.15, 0.2) is 6.29 Å². The molecule has 2 aromatic rings. The van der Waals surface area contributed by atoms with Gasteiger partial charge in [-0.2, -0.15) is 0 Å². The van der Waals surface area contributed by atoms with Crippen molar-refractivity contribution in [3.63, 3.8) is 0 Å². The van der Waals surface area contributed by atoms with Gasteiger partial charge < -0.3 is 4.98 Å². The van der Waals surface area contributed by atoms with Crippen molar-refractivity contribution in [1.29, 1.82) is 0 Å². The van der Waals surface area contributed by atoms with E-state index in [2.05, 4.69) is 9.97 Å². The van der Waals surface area contributed by atoms with Gasteiger partial charge in [-0.15, -0.1) is 0 Å². The molecule has 0 aromatic carbocycles. The SMILES string of the molecule is Cc1[nH]c(=O)sc1-c1ccncc1C=O. The molecule has 0 saturated heterocycles. The number of hydrogen-bond acceptors (Lipinski definition) is 4. The first kappa shape index (κ1) is 9.79. The Balaban J connectivity index is 2.68. The fourth-order valence-corrected chi connectivity index (χ4v) is 2.26. The number of thiazole rings is 1. The Kier molecular flexibility index (Phi) is 2.47. The van der Waals surface area contributed by atoms with Gasteiger partial charge in [0.05, 0.1) is 4.88 Å². The number of rotatable bonds is 2. The highest BCUT2D eigenvalue weighted by molar-refractivity contribution is 7.13. The molecule has 15 heavy (non-hydrogen) atoms. The summed E-state index contributed by atoms with van der Waals surface area (Å²) in [6.45, 7) is 1.81. The standard InChI is InChI=1S/C10H8N2O2S/c1-6-9(15-10(14)12-6)8-2-3-11-4-7(8)5-13/h2-5H,1H3,(H,12,14). The topological polar surface area (TPSA) is 62.8 Å². The average molecular weight is 220 g/mol. The number of carbonyl (C=O) groups is 1. The Morgan fingerprint density at radius 3 is 2.93 bits per heavy atom. The molecular weight excluding hydrogens is 212 g/mol. The van der Waals surface area contributed by atoms with E-state index in [9.17, 15) is 9.59 Å². The molecule has 0 unspecified atom stereocenters. The van der Waals surface area contributed by atoms with Gasteiger partial charge >= 0.3 is 4.87 Å². The van der Waals surface area contributed by atoms with Crippen LogP contribution in [0.4, 0.5) is 0 Å². The number of hydrogen-bond donors (Lipinski definition) is 1. The number of aromatic nitrogens is 2. The monoisotopic (exact) mass is 220 g/mol. The molecule has 2 aromatic heterocycles. The normalized spacial score (nSPS) is 10.2. The van der Waals surface area contributed by atoms with Gasteiger partial charge in [-0.25, -0.2) is 0 Å². The average Bonchev–Trinajstić information content (AvgIpc) is 2.57. The van der Waals surface area contributed by atoms with Crippen molar-refractivity contribution in [3.05, 3.63) is 39.4 Å². The first-order chi connectivity index (χ1) is 7.22. The zero-order valence-electron chi connectivity index (χ0n) is 7.98. The maximum absolute atomic E-state index is 11.1. The summed E-state index contributed by atoms with van der Waals surface area (Å²) in [4.78, 5) is 29.2. The molecule has 0 amide bonds. The molecule has 1 N–H and O–H groups in total. The molecule has 0 aliphatic heterocycles. The number of H-pyrrole nitrogens is 1. The summed E-state index contributed by atoms with van der Waals surface area (Å²) >= 11 is 1.10. The van der Waals surface area contributed by atoms with Crippen LogP contribution in [0.1, 0.15) is 16.1 Å². The van der Waals surface area contributed by atoms with Crippen molar-refractivity contribution >= 4 is 17.6 Å². The minimum atomic E-state index is -0.115. The maximum atomic E-state index is 11.1. The lowest BCUT2D eigenvalue weighted by Gasteiger charge is -2.00. The van der Waals surface area contributed by atoms with Crippen LogP contribution < -0.4 is 4.87 Å². The van der Waals surface area contributed by atoms with E-state index in [4.69, 9.17) is 0 Å². The predicted octanol–water partition coefficient (Wildman–Crippen LogP) is 1.62. The van der Waals surface area contributed by atoms with Crippen LogP contribution in [0.3, 0.4) is 0 Å². The molecular formula is C10H8N2O2S. The van der Waals surface area contributed by atoms with E-state index < -0.39 is 0 Å². The van der Waals surface area contributed by atoms with Crippen molar-refractivity contribution in [2.24, 2.45) is 0 Å². The zero-order valence-corrected chi connectivity index (χ0v) is 8.80. The minimum Gasteiger partial charge on any atom is -0.316 e. The number of aromatic amines is 1. The smallest absolute Gasteiger partial charge is 0.305 e. The first-order valence-electron chi connectivity index (χ1n) is 4.31. The molecule has 0 saturated carbocycles. The Morgan fingerprint density at radius 2 is 2.33 bits per heavy atom. The largest absolute Gasteiger partial charge is 0.316 e. The van der Waals surface area contributed by atoms with Crippen LogP contribution in [0.15, 0.2) is 23.3 Å². The third-order valence-corrected chi connectivity index (χ3v) is 3.07. The third kappa shape index (κ3) is 1.73. The fraction of sp³-hybridized carbons (Fsp3) is 0.100. The predicted molar refractivity (Wildman–Crippen MR) is 58.3 cm³/mol. The fourth-order valence-electron chi connectivity index (χ4n) is 1.37. The van der Waals surface area contributed by atoms with Crippen molar-refractivity contribution in [1.82, 2.24) is 9.97 Å². The van der Waals surface area contributed by atoms with Crippen LogP contribution in [0.25, 0.3) is 10.4 Å². The van der Waals surface area contributed by atoms with Crippen LogP contribution in [0.2, 0.25) is 0 Å². The van der Waals surface area contributed by atoms with E-state index in [1.54, 1.807) is 12.3 Å². The second-order valence-corrected chi connectivity index (χ2v) is 4.03. The summed E-state index contributed by atoms with van der Waals surface area (Å²) in [5.41, 5.74) is 2.02. The van der Waals surface area contributed by atoms with Crippen molar-refractivity contribution in [2.45, 2.75) is 6.92 Å². The van der Waals surface area contributed by atoms with E-state index in [0.717, 1.165) is 33.8 Å². The van der Waals surface area contributed by atoms with Crippen LogP contribution in [-0.2, 0) is 0 Å². The van der Waals surface area contributed by atoms with E-state index in [1.165, 1.54) is 6.20 Å². The van der Waals surface area contributed by atoms with Gasteiger partial charge in [0.25, 0.3) is 0 Å². The molecule has 2 rings (SSSR count). The molecule has 0 aliphatic rings. The third-order valence-electron chi connectivity index (χ3n) is 2.05. The quantitative estimate of drug-likeness (QED) is 0.782. The molecule has 0 fully saturated rings. The highest BCUT2D eigenvalue weighted by Gasteiger charge is 2.10. The van der Waals surface area contributed by atoms with E-state index in [-0.39, 0.29) is 4.87 Å². The lowest BCUT2D eigenvalue weighted by molar-refractivity contribution is 0.112. The molecule has 76 valence electrons. The summed E-state index contributed by atoms with van der Waals surface area (Å²) in [6, 6.07) is 1.73. The van der Waals surface area contributed by atoms with Crippen molar-refractivity contribution in [3.8, 4) is 10.4 Å². The highest BCUT2D eigenvalue weighted by atomic mass is 32.1. The maximum Gasteiger partial charge on any atom is 0.305 e. The highest BCUT2D eigenvalue weighted by Crippen LogP contribution is 2.26. The Morgan fingerprint density at radius 1 is 1.53 bits per heavy atom. The molecule has 2 heterocycles. The van der Waals surface area contributed by atoms with Crippen molar-refractivity contribution in [2.75, 3.05) is 0 Å². The van der Waals surface area contributed by atoms with Crippen LogP contribution in [-0.4, -0.2) is 16.3 Å². The summed E-state index contributed by atoms with van der Waals surface area (Å²) in [7, 11) is 0. The lowest BCUT2D eigenvalue weighted by atomic mass is 10.1. The van der Waals surface area contributed by atoms with Crippen LogP contribution in [0, 0.1) is 6.92 Å². The number of carbonyl (C=O) groups excluding carboxylic acids is 1. The molecule has 4 nitrogen and oxygen atoms in total. The first-order valence-corrected chi connectivity index (χ1v) is 5.13. The minimum absolute atomic E-state index is 0.115. The summed E-state index contributed by atoms with van der Waals surface area (Å²) < 4.78 is 0. The van der Waals surface area contributed by atoms with Crippen molar-refractivity contribution < 1.29 is 4.79 Å². The summed E-state index contributed by atoms with van der Waals surface area (Å²) in [5.74, 6) is 0. The van der Waals surface area contributed by atoms with Gasteiger partial charge in [0, 0.05) is 29.2 Å². The molecule has 5 heteroatoms. The molecule has 0 aliphatic carbocycles. The van der Waals surface area contributed by atoms with Gasteiger partial charge in [-0.1, -0.05) is 11.3 Å². The summed E-state index contributed by atoms with van der Waals surface area (Å²) in [5, 5.41) is 0. The van der Waals surface area contributed by atoms with Gasteiger partial charge in [0.1, 0.15) is 0 Å². The number of nitrogens with one attached hydrogen (secondary N) is 1.